The highest BCUT2D eigenvalue weighted by Crippen LogP contribution is 2.22. The van der Waals surface area contributed by atoms with Crippen LogP contribution in [0.2, 0.25) is 0 Å². The SMILES string of the molecule is c1cnnc(N2CCC[C@@H]2CNCc2cscn2)c1. The Bertz CT molecular complexity index is 487. The molecule has 0 aromatic carbocycles. The van der Waals surface area contributed by atoms with Crippen molar-refractivity contribution in [3.05, 3.63) is 34.9 Å². The molecule has 0 spiro atoms. The van der Waals surface area contributed by atoms with Crippen molar-refractivity contribution in [3.63, 3.8) is 0 Å². The van der Waals surface area contributed by atoms with Crippen LogP contribution in [0.3, 0.4) is 0 Å². The van der Waals surface area contributed by atoms with Gasteiger partial charge in [0.15, 0.2) is 5.82 Å². The lowest BCUT2D eigenvalue weighted by molar-refractivity contribution is 0.566. The second-order valence-corrected chi connectivity index (χ2v) is 5.40. The first-order chi connectivity index (χ1) is 9.43. The van der Waals surface area contributed by atoms with Gasteiger partial charge < -0.3 is 10.2 Å². The summed E-state index contributed by atoms with van der Waals surface area (Å²) in [7, 11) is 0. The second kappa shape index (κ2) is 6.08. The molecule has 1 fully saturated rings. The van der Waals surface area contributed by atoms with Crippen LogP contribution in [0, 0.1) is 0 Å². The molecule has 0 saturated carbocycles. The van der Waals surface area contributed by atoms with E-state index in [2.05, 4.69) is 30.8 Å². The third-order valence-corrected chi connectivity index (χ3v) is 4.03. The highest BCUT2D eigenvalue weighted by Gasteiger charge is 2.25. The Morgan fingerprint density at radius 1 is 1.47 bits per heavy atom. The summed E-state index contributed by atoms with van der Waals surface area (Å²) in [6, 6.07) is 4.49. The van der Waals surface area contributed by atoms with E-state index in [0.29, 0.717) is 6.04 Å². The number of thiazole rings is 1. The predicted octanol–water partition coefficient (Wildman–Crippen LogP) is 1.69. The fraction of sp³-hybridized carbons (Fsp3) is 0.462. The van der Waals surface area contributed by atoms with E-state index in [1.807, 2.05) is 17.6 Å². The number of hydrogen-bond acceptors (Lipinski definition) is 6. The number of hydrogen-bond donors (Lipinski definition) is 1. The standard InChI is InChI=1S/C13H17N5S/c1-4-13(17-16-5-1)18-6-2-3-12(18)8-14-7-11-9-19-10-15-11/h1,4-5,9-10,12,14H,2-3,6-8H2/t12-/m1/s1. The molecule has 0 radical (unpaired) electrons. The van der Waals surface area contributed by atoms with Crippen LogP contribution in [-0.4, -0.2) is 34.3 Å². The highest BCUT2D eigenvalue weighted by atomic mass is 32.1. The van der Waals surface area contributed by atoms with Crippen molar-refractivity contribution in [1.82, 2.24) is 20.5 Å². The third kappa shape index (κ3) is 3.08. The van der Waals surface area contributed by atoms with Crippen molar-refractivity contribution in [2.75, 3.05) is 18.0 Å². The van der Waals surface area contributed by atoms with Crippen LogP contribution >= 0.6 is 11.3 Å². The lowest BCUT2D eigenvalue weighted by Crippen LogP contribution is -2.38. The Kier molecular flexibility index (Phi) is 4.00. The fourth-order valence-corrected chi connectivity index (χ4v) is 3.05. The highest BCUT2D eigenvalue weighted by molar-refractivity contribution is 7.07. The minimum absolute atomic E-state index is 0.510. The van der Waals surface area contributed by atoms with Crippen molar-refractivity contribution in [2.45, 2.75) is 25.4 Å². The van der Waals surface area contributed by atoms with Gasteiger partial charge in [-0.2, -0.15) is 5.10 Å². The maximum atomic E-state index is 4.28. The minimum atomic E-state index is 0.510. The van der Waals surface area contributed by atoms with Gasteiger partial charge in [0.05, 0.1) is 11.2 Å². The molecule has 1 atom stereocenters. The average molecular weight is 275 g/mol. The van der Waals surface area contributed by atoms with Crippen LogP contribution in [0.4, 0.5) is 5.82 Å². The van der Waals surface area contributed by atoms with Crippen molar-refractivity contribution in [2.24, 2.45) is 0 Å². The number of rotatable bonds is 5. The zero-order valence-corrected chi connectivity index (χ0v) is 11.5. The molecule has 0 amide bonds. The normalized spacial score (nSPS) is 18.9. The summed E-state index contributed by atoms with van der Waals surface area (Å²) in [5.74, 6) is 0.987. The third-order valence-electron chi connectivity index (χ3n) is 3.40. The molecule has 3 heterocycles. The van der Waals surface area contributed by atoms with Crippen LogP contribution in [0.1, 0.15) is 18.5 Å². The molecule has 5 nitrogen and oxygen atoms in total. The molecular formula is C13H17N5S. The van der Waals surface area contributed by atoms with E-state index in [4.69, 9.17) is 0 Å². The summed E-state index contributed by atoms with van der Waals surface area (Å²) in [6.45, 7) is 2.88. The first-order valence-electron chi connectivity index (χ1n) is 6.55. The quantitative estimate of drug-likeness (QED) is 0.900. The zero-order chi connectivity index (χ0) is 12.9. The molecule has 2 aromatic heterocycles. The van der Waals surface area contributed by atoms with Gasteiger partial charge in [-0.3, -0.25) is 0 Å². The molecule has 19 heavy (non-hydrogen) atoms. The number of nitrogens with zero attached hydrogens (tertiary/aromatic N) is 4. The molecule has 100 valence electrons. The Morgan fingerprint density at radius 2 is 2.47 bits per heavy atom. The second-order valence-electron chi connectivity index (χ2n) is 4.68. The van der Waals surface area contributed by atoms with E-state index < -0.39 is 0 Å². The number of aromatic nitrogens is 3. The van der Waals surface area contributed by atoms with Crippen LogP contribution in [0.15, 0.2) is 29.2 Å². The van der Waals surface area contributed by atoms with Gasteiger partial charge in [-0.1, -0.05) is 0 Å². The molecule has 2 aromatic rings. The summed E-state index contributed by atoms with van der Waals surface area (Å²) in [4.78, 5) is 6.63. The van der Waals surface area contributed by atoms with Crippen molar-refractivity contribution in [1.29, 1.82) is 0 Å². The Balaban J connectivity index is 1.55. The monoisotopic (exact) mass is 275 g/mol. The van der Waals surface area contributed by atoms with Crippen LogP contribution < -0.4 is 10.2 Å². The molecule has 6 heteroatoms. The van der Waals surface area contributed by atoms with Crippen molar-refractivity contribution in [3.8, 4) is 0 Å². The minimum Gasteiger partial charge on any atom is -0.351 e. The Labute approximate surface area is 116 Å². The van der Waals surface area contributed by atoms with Gasteiger partial charge in [0, 0.05) is 37.3 Å². The Morgan fingerprint density at radius 3 is 3.26 bits per heavy atom. The van der Waals surface area contributed by atoms with Gasteiger partial charge >= 0.3 is 0 Å². The van der Waals surface area contributed by atoms with E-state index in [9.17, 15) is 0 Å². The van der Waals surface area contributed by atoms with Crippen LogP contribution in [0.5, 0.6) is 0 Å². The van der Waals surface area contributed by atoms with Gasteiger partial charge in [0.2, 0.25) is 0 Å². The topological polar surface area (TPSA) is 53.9 Å². The summed E-state index contributed by atoms with van der Waals surface area (Å²) in [5.41, 5.74) is 2.99. The van der Waals surface area contributed by atoms with Crippen molar-refractivity contribution >= 4 is 17.2 Å². The first-order valence-corrected chi connectivity index (χ1v) is 7.50. The maximum absolute atomic E-state index is 4.28. The van der Waals surface area contributed by atoms with Gasteiger partial charge in [-0.15, -0.1) is 16.4 Å². The smallest absolute Gasteiger partial charge is 0.151 e. The van der Waals surface area contributed by atoms with Crippen LogP contribution in [0.25, 0.3) is 0 Å². The molecule has 3 rings (SSSR count). The maximum Gasteiger partial charge on any atom is 0.151 e. The Hall–Kier alpha value is -1.53. The van der Waals surface area contributed by atoms with E-state index in [-0.39, 0.29) is 0 Å². The van der Waals surface area contributed by atoms with E-state index >= 15 is 0 Å². The molecule has 0 unspecified atom stereocenters. The predicted molar refractivity (Wildman–Crippen MR) is 76.2 cm³/mol. The molecule has 1 aliphatic rings. The molecule has 1 saturated heterocycles. The zero-order valence-electron chi connectivity index (χ0n) is 10.7. The van der Waals surface area contributed by atoms with Gasteiger partial charge in [-0.25, -0.2) is 4.98 Å². The van der Waals surface area contributed by atoms with E-state index in [1.54, 1.807) is 17.5 Å². The molecule has 0 aliphatic carbocycles. The fourth-order valence-electron chi connectivity index (χ4n) is 2.49. The number of nitrogens with one attached hydrogen (secondary N) is 1. The summed E-state index contributed by atoms with van der Waals surface area (Å²) in [6.07, 6.45) is 4.15. The van der Waals surface area contributed by atoms with Crippen LogP contribution in [-0.2, 0) is 6.54 Å². The molecule has 0 bridgehead atoms. The van der Waals surface area contributed by atoms with E-state index in [0.717, 1.165) is 31.1 Å². The summed E-state index contributed by atoms with van der Waals surface area (Å²) < 4.78 is 0. The van der Waals surface area contributed by atoms with Gasteiger partial charge in [0.25, 0.3) is 0 Å². The van der Waals surface area contributed by atoms with E-state index in [1.165, 1.54) is 12.8 Å². The molecule has 1 N–H and O–H groups in total. The van der Waals surface area contributed by atoms with Gasteiger partial charge in [-0.05, 0) is 25.0 Å². The lowest BCUT2D eigenvalue weighted by atomic mass is 10.2. The van der Waals surface area contributed by atoms with Crippen molar-refractivity contribution < 1.29 is 0 Å². The lowest BCUT2D eigenvalue weighted by Gasteiger charge is -2.25. The largest absolute Gasteiger partial charge is 0.351 e. The molecule has 1 aliphatic heterocycles. The first kappa shape index (κ1) is 12.5. The molecular weight excluding hydrogens is 258 g/mol. The number of anilines is 1. The summed E-state index contributed by atoms with van der Waals surface area (Å²) >= 11 is 1.64. The average Bonchev–Trinajstić information content (AvgIpc) is 3.11. The van der Waals surface area contributed by atoms with Gasteiger partial charge in [0.1, 0.15) is 0 Å². The summed E-state index contributed by atoms with van der Waals surface area (Å²) in [5, 5.41) is 13.7.